The smallest absolute Gasteiger partial charge is 0.250 e. The first-order valence-electron chi connectivity index (χ1n) is 6.46. The molecule has 0 spiro atoms. The molecule has 0 aliphatic heterocycles. The van der Waals surface area contributed by atoms with E-state index in [1.165, 1.54) is 10.6 Å². The lowest BCUT2D eigenvalue weighted by atomic mass is 10.3. The van der Waals surface area contributed by atoms with Gasteiger partial charge in [0.15, 0.2) is 0 Å². The van der Waals surface area contributed by atoms with Crippen LogP contribution in [0, 0.1) is 0 Å². The second-order valence-corrected chi connectivity index (χ2v) is 5.14. The molecule has 0 saturated heterocycles. The lowest BCUT2D eigenvalue weighted by molar-refractivity contribution is -0.121. The van der Waals surface area contributed by atoms with Crippen LogP contribution >= 0.6 is 28.3 Å². The number of pyridine rings is 1. The van der Waals surface area contributed by atoms with Gasteiger partial charge >= 0.3 is 0 Å². The van der Waals surface area contributed by atoms with Gasteiger partial charge in [0.1, 0.15) is 0 Å². The van der Waals surface area contributed by atoms with Gasteiger partial charge in [-0.15, -0.1) is 12.4 Å². The molecular formula is C13H21BrClN3O3. The Morgan fingerprint density at radius 2 is 2.10 bits per heavy atom. The summed E-state index contributed by atoms with van der Waals surface area (Å²) in [5.41, 5.74) is -0.109. The van der Waals surface area contributed by atoms with Gasteiger partial charge in [-0.2, -0.15) is 0 Å². The van der Waals surface area contributed by atoms with Crippen LogP contribution in [0.5, 0.6) is 0 Å². The van der Waals surface area contributed by atoms with Crippen molar-refractivity contribution < 1.29 is 9.53 Å². The van der Waals surface area contributed by atoms with Gasteiger partial charge in [0.2, 0.25) is 5.91 Å². The van der Waals surface area contributed by atoms with Crippen molar-refractivity contribution in [1.82, 2.24) is 15.2 Å². The summed E-state index contributed by atoms with van der Waals surface area (Å²) >= 11 is 3.30. The number of hydrogen-bond acceptors (Lipinski definition) is 4. The molecule has 2 N–H and O–H groups in total. The molecule has 1 aromatic heterocycles. The minimum Gasteiger partial charge on any atom is -0.383 e. The molecule has 6 nitrogen and oxygen atoms in total. The number of hydrogen-bond donors (Lipinski definition) is 2. The summed E-state index contributed by atoms with van der Waals surface area (Å²) < 4.78 is 7.23. The highest BCUT2D eigenvalue weighted by atomic mass is 79.9. The Morgan fingerprint density at radius 3 is 2.81 bits per heavy atom. The van der Waals surface area contributed by atoms with E-state index in [9.17, 15) is 9.59 Å². The molecule has 1 rings (SSSR count). The minimum atomic E-state index is -0.109. The van der Waals surface area contributed by atoms with Gasteiger partial charge < -0.3 is 19.9 Å². The van der Waals surface area contributed by atoms with Crippen molar-refractivity contribution in [3.05, 3.63) is 33.2 Å². The Labute approximate surface area is 138 Å². The van der Waals surface area contributed by atoms with Gasteiger partial charge in [-0.3, -0.25) is 9.59 Å². The van der Waals surface area contributed by atoms with Crippen molar-refractivity contribution in [2.75, 3.05) is 33.4 Å². The standard InChI is InChI=1S/C13H20BrN3O3.ClH/c1-20-9-7-15-5-6-16-12(18)4-8-17-10-11(14)2-3-13(17)19;/h2-3,10,15H,4-9H2,1H3,(H,16,18);1H. The zero-order chi connectivity index (χ0) is 14.8. The summed E-state index contributed by atoms with van der Waals surface area (Å²) in [5.74, 6) is -0.0644. The molecule has 1 aromatic rings. The number of carbonyl (C=O) groups excluding carboxylic acids is 1. The molecule has 0 aliphatic rings. The highest BCUT2D eigenvalue weighted by Gasteiger charge is 2.03. The third-order valence-corrected chi connectivity index (χ3v) is 3.10. The number of nitrogens with zero attached hydrogens (tertiary/aromatic N) is 1. The average Bonchev–Trinajstić information content (AvgIpc) is 2.43. The SMILES string of the molecule is COCCNCCNC(=O)CCn1cc(Br)ccc1=O.Cl. The number of methoxy groups -OCH3 is 1. The van der Waals surface area contributed by atoms with Crippen LogP contribution in [-0.2, 0) is 16.1 Å². The summed E-state index contributed by atoms with van der Waals surface area (Å²) in [6.07, 6.45) is 1.97. The van der Waals surface area contributed by atoms with Crippen molar-refractivity contribution >= 4 is 34.2 Å². The predicted molar refractivity (Wildman–Crippen MR) is 88.0 cm³/mol. The second kappa shape index (κ2) is 11.7. The molecule has 0 aromatic carbocycles. The molecule has 1 heterocycles. The number of carbonyl (C=O) groups is 1. The van der Waals surface area contributed by atoms with Gasteiger partial charge in [0, 0.05) is 56.4 Å². The Morgan fingerprint density at radius 1 is 1.33 bits per heavy atom. The number of ether oxygens (including phenoxy) is 1. The summed E-state index contributed by atoms with van der Waals surface area (Å²) in [5, 5.41) is 5.93. The average molecular weight is 383 g/mol. The third-order valence-electron chi connectivity index (χ3n) is 2.63. The van der Waals surface area contributed by atoms with E-state index in [1.54, 1.807) is 19.4 Å². The molecule has 0 bridgehead atoms. The lowest BCUT2D eigenvalue weighted by Crippen LogP contribution is -2.34. The fourth-order valence-corrected chi connectivity index (χ4v) is 1.96. The van der Waals surface area contributed by atoms with Crippen molar-refractivity contribution in [3.8, 4) is 0 Å². The van der Waals surface area contributed by atoms with Crippen LogP contribution in [0.4, 0.5) is 0 Å². The maximum absolute atomic E-state index is 11.6. The van der Waals surface area contributed by atoms with E-state index in [1.807, 2.05) is 0 Å². The molecule has 0 radical (unpaired) electrons. The van der Waals surface area contributed by atoms with E-state index in [2.05, 4.69) is 26.6 Å². The fourth-order valence-electron chi connectivity index (χ4n) is 1.58. The highest BCUT2D eigenvalue weighted by molar-refractivity contribution is 9.10. The van der Waals surface area contributed by atoms with Gasteiger partial charge in [-0.25, -0.2) is 0 Å². The van der Waals surface area contributed by atoms with Crippen LogP contribution in [0.1, 0.15) is 6.42 Å². The molecule has 0 atom stereocenters. The van der Waals surface area contributed by atoms with E-state index in [0.29, 0.717) is 26.2 Å². The number of aromatic nitrogens is 1. The number of rotatable bonds is 9. The van der Waals surface area contributed by atoms with Crippen molar-refractivity contribution in [3.63, 3.8) is 0 Å². The second-order valence-electron chi connectivity index (χ2n) is 4.22. The van der Waals surface area contributed by atoms with Gasteiger partial charge in [-0.1, -0.05) is 0 Å². The molecular weight excluding hydrogens is 362 g/mol. The largest absolute Gasteiger partial charge is 0.383 e. The molecule has 8 heteroatoms. The van der Waals surface area contributed by atoms with Crippen LogP contribution in [0.3, 0.4) is 0 Å². The minimum absolute atomic E-state index is 0. The van der Waals surface area contributed by atoms with Crippen LogP contribution in [0.15, 0.2) is 27.6 Å². The molecule has 120 valence electrons. The zero-order valence-corrected chi connectivity index (χ0v) is 14.3. The van der Waals surface area contributed by atoms with Crippen LogP contribution in [-0.4, -0.2) is 43.8 Å². The monoisotopic (exact) mass is 381 g/mol. The molecule has 21 heavy (non-hydrogen) atoms. The highest BCUT2D eigenvalue weighted by Crippen LogP contribution is 2.04. The summed E-state index contributed by atoms with van der Waals surface area (Å²) in [6, 6.07) is 3.16. The van der Waals surface area contributed by atoms with Gasteiger partial charge in [0.05, 0.1) is 6.61 Å². The van der Waals surface area contributed by atoms with E-state index >= 15 is 0 Å². The Kier molecular flexibility index (Phi) is 11.2. The predicted octanol–water partition coefficient (Wildman–Crippen LogP) is 0.775. The number of amides is 1. The molecule has 0 aliphatic carbocycles. The summed E-state index contributed by atoms with van der Waals surface area (Å²) in [4.78, 5) is 23.1. The Bertz CT molecular complexity index is 482. The molecule has 0 saturated carbocycles. The number of halogens is 2. The maximum Gasteiger partial charge on any atom is 0.250 e. The molecule has 1 amide bonds. The Balaban J connectivity index is 0.00000400. The quantitative estimate of drug-likeness (QED) is 0.619. The van der Waals surface area contributed by atoms with Gasteiger partial charge in [0.25, 0.3) is 5.56 Å². The third kappa shape index (κ3) is 8.87. The topological polar surface area (TPSA) is 72.4 Å². The van der Waals surface area contributed by atoms with Crippen molar-refractivity contribution in [2.24, 2.45) is 0 Å². The van der Waals surface area contributed by atoms with Crippen molar-refractivity contribution in [2.45, 2.75) is 13.0 Å². The number of aryl methyl sites for hydroxylation is 1. The van der Waals surface area contributed by atoms with Crippen molar-refractivity contribution in [1.29, 1.82) is 0 Å². The first-order valence-corrected chi connectivity index (χ1v) is 7.25. The van der Waals surface area contributed by atoms with Gasteiger partial charge in [-0.05, 0) is 22.0 Å². The van der Waals surface area contributed by atoms with E-state index in [-0.39, 0.29) is 30.3 Å². The van der Waals surface area contributed by atoms with Crippen LogP contribution in [0.2, 0.25) is 0 Å². The van der Waals surface area contributed by atoms with E-state index < -0.39 is 0 Å². The van der Waals surface area contributed by atoms with Crippen LogP contribution in [0.25, 0.3) is 0 Å². The lowest BCUT2D eigenvalue weighted by Gasteiger charge is -2.08. The van der Waals surface area contributed by atoms with E-state index in [4.69, 9.17) is 4.74 Å². The van der Waals surface area contributed by atoms with E-state index in [0.717, 1.165) is 11.0 Å². The molecule has 0 fully saturated rings. The van der Waals surface area contributed by atoms with Crippen LogP contribution < -0.4 is 16.2 Å². The zero-order valence-electron chi connectivity index (χ0n) is 11.9. The number of nitrogens with one attached hydrogen (secondary N) is 2. The summed E-state index contributed by atoms with van der Waals surface area (Å²) in [7, 11) is 1.65. The molecule has 0 unspecified atom stereocenters. The summed E-state index contributed by atoms with van der Waals surface area (Å²) in [6.45, 7) is 3.06. The first kappa shape index (κ1) is 20.1. The Hall–Kier alpha value is -0.890. The normalized spacial score (nSPS) is 10.0. The maximum atomic E-state index is 11.6. The fraction of sp³-hybridized carbons (Fsp3) is 0.538. The first-order chi connectivity index (χ1) is 9.63.